The van der Waals surface area contributed by atoms with Crippen LogP contribution < -0.4 is 10.5 Å². The number of aromatic carboxylic acids is 1. The summed E-state index contributed by atoms with van der Waals surface area (Å²) >= 11 is 0. The van der Waals surface area contributed by atoms with Gasteiger partial charge in [-0.05, 0) is 41.8 Å². The maximum absolute atomic E-state index is 12.8. The van der Waals surface area contributed by atoms with E-state index in [2.05, 4.69) is 9.71 Å². The molecule has 0 fully saturated rings. The van der Waals surface area contributed by atoms with Gasteiger partial charge in [-0.1, -0.05) is 36.4 Å². The fraction of sp³-hybridized carbons (Fsp3) is 0.0526. The second-order valence-electron chi connectivity index (χ2n) is 5.93. The summed E-state index contributed by atoms with van der Waals surface area (Å²) in [5, 5.41) is 9.42. The van der Waals surface area contributed by atoms with Crippen LogP contribution in [0.1, 0.15) is 15.9 Å². The number of carboxylic acids is 1. The van der Waals surface area contributed by atoms with Crippen LogP contribution in [0.5, 0.6) is 0 Å². The van der Waals surface area contributed by atoms with E-state index in [0.717, 1.165) is 5.56 Å². The second kappa shape index (κ2) is 7.08. The topological polar surface area (TPSA) is 122 Å². The van der Waals surface area contributed by atoms with E-state index in [1.165, 1.54) is 24.4 Å². The van der Waals surface area contributed by atoms with Crippen molar-refractivity contribution in [3.05, 3.63) is 71.9 Å². The monoisotopic (exact) mass is 383 g/mol. The molecule has 8 heteroatoms. The summed E-state index contributed by atoms with van der Waals surface area (Å²) in [4.78, 5) is 15.2. The number of carboxylic acid groups (broad SMARTS) is 1. The summed E-state index contributed by atoms with van der Waals surface area (Å²) in [5.41, 5.74) is 7.59. The molecule has 138 valence electrons. The van der Waals surface area contributed by atoms with Crippen molar-refractivity contribution in [2.24, 2.45) is 0 Å². The fourth-order valence-corrected chi connectivity index (χ4v) is 3.83. The van der Waals surface area contributed by atoms with E-state index in [-0.39, 0.29) is 22.0 Å². The largest absolute Gasteiger partial charge is 0.478 e. The minimum absolute atomic E-state index is 0.0511. The smallest absolute Gasteiger partial charge is 0.337 e. The lowest BCUT2D eigenvalue weighted by Crippen LogP contribution is -2.18. The molecule has 0 saturated heterocycles. The van der Waals surface area contributed by atoms with Gasteiger partial charge in [-0.25, -0.2) is 18.2 Å². The van der Waals surface area contributed by atoms with Crippen molar-refractivity contribution < 1.29 is 18.3 Å². The van der Waals surface area contributed by atoms with Gasteiger partial charge in [-0.3, -0.25) is 4.72 Å². The molecule has 1 aromatic heterocycles. The Morgan fingerprint density at radius 2 is 1.78 bits per heavy atom. The molecular formula is C19H17N3O4S. The van der Waals surface area contributed by atoms with Crippen molar-refractivity contribution in [1.82, 2.24) is 4.98 Å². The number of pyridine rings is 1. The Balaban J connectivity index is 2.09. The fourth-order valence-electron chi connectivity index (χ4n) is 2.59. The summed E-state index contributed by atoms with van der Waals surface area (Å²) in [5.74, 6) is -1.41. The number of nitrogens with one attached hydrogen (secondary N) is 1. The maximum atomic E-state index is 12.8. The minimum atomic E-state index is -4.12. The number of rotatable bonds is 5. The third kappa shape index (κ3) is 3.90. The van der Waals surface area contributed by atoms with Crippen LogP contribution in [0.4, 0.5) is 11.5 Å². The molecular weight excluding hydrogens is 366 g/mol. The molecule has 0 amide bonds. The van der Waals surface area contributed by atoms with E-state index in [9.17, 15) is 18.3 Å². The van der Waals surface area contributed by atoms with Gasteiger partial charge >= 0.3 is 5.97 Å². The molecule has 4 N–H and O–H groups in total. The Morgan fingerprint density at radius 1 is 1.07 bits per heavy atom. The molecule has 2 aromatic carbocycles. The van der Waals surface area contributed by atoms with Gasteiger partial charge in [0.15, 0.2) is 0 Å². The molecule has 1 heterocycles. The highest BCUT2D eigenvalue weighted by Gasteiger charge is 2.22. The Hall–Kier alpha value is -3.39. The van der Waals surface area contributed by atoms with Gasteiger partial charge in [0.05, 0.1) is 11.3 Å². The standard InChI is InChI=1S/C19H17N3O4S/c1-12-9-17(18(20)21-11-12)27(25,26)22-16-10-14(7-8-15(16)19(23)24)13-5-3-2-4-6-13/h2-11,22H,1H3,(H2,20,21)(H,23,24). The normalized spacial score (nSPS) is 11.1. The van der Waals surface area contributed by atoms with E-state index in [4.69, 9.17) is 5.73 Å². The van der Waals surface area contributed by atoms with Crippen molar-refractivity contribution in [1.29, 1.82) is 0 Å². The van der Waals surface area contributed by atoms with Crippen LogP contribution in [-0.4, -0.2) is 24.5 Å². The van der Waals surface area contributed by atoms with Crippen molar-refractivity contribution in [2.45, 2.75) is 11.8 Å². The molecule has 0 aliphatic rings. The van der Waals surface area contributed by atoms with Crippen molar-refractivity contribution in [3.63, 3.8) is 0 Å². The van der Waals surface area contributed by atoms with Gasteiger partial charge in [0.25, 0.3) is 10.0 Å². The number of carbonyl (C=O) groups is 1. The van der Waals surface area contributed by atoms with Crippen LogP contribution in [0, 0.1) is 6.92 Å². The number of sulfonamides is 1. The first kappa shape index (κ1) is 18.4. The minimum Gasteiger partial charge on any atom is -0.478 e. The molecule has 0 atom stereocenters. The molecule has 0 aliphatic heterocycles. The van der Waals surface area contributed by atoms with Crippen LogP contribution >= 0.6 is 0 Å². The first-order valence-corrected chi connectivity index (χ1v) is 9.44. The average molecular weight is 383 g/mol. The number of nitrogens with zero attached hydrogens (tertiary/aromatic N) is 1. The second-order valence-corrected chi connectivity index (χ2v) is 7.58. The zero-order chi connectivity index (χ0) is 19.6. The quantitative estimate of drug-likeness (QED) is 0.622. The van der Waals surface area contributed by atoms with E-state index >= 15 is 0 Å². The summed E-state index contributed by atoms with van der Waals surface area (Å²) in [7, 11) is -4.12. The number of hydrogen-bond donors (Lipinski definition) is 3. The van der Waals surface area contributed by atoms with Crippen LogP contribution in [-0.2, 0) is 10.0 Å². The highest BCUT2D eigenvalue weighted by Crippen LogP contribution is 2.28. The molecule has 3 aromatic rings. The van der Waals surface area contributed by atoms with Gasteiger partial charge in [-0.15, -0.1) is 0 Å². The highest BCUT2D eigenvalue weighted by atomic mass is 32.2. The van der Waals surface area contributed by atoms with E-state index in [1.54, 1.807) is 13.0 Å². The molecule has 3 rings (SSSR count). The zero-order valence-corrected chi connectivity index (χ0v) is 15.2. The van der Waals surface area contributed by atoms with Crippen molar-refractivity contribution in [3.8, 4) is 11.1 Å². The zero-order valence-electron chi connectivity index (χ0n) is 14.4. The summed E-state index contributed by atoms with van der Waals surface area (Å²) < 4.78 is 27.9. The van der Waals surface area contributed by atoms with Crippen LogP contribution in [0.15, 0.2) is 65.7 Å². The van der Waals surface area contributed by atoms with E-state index in [0.29, 0.717) is 11.1 Å². The Labute approximate surface area is 156 Å². The predicted molar refractivity (Wildman–Crippen MR) is 103 cm³/mol. The Morgan fingerprint density at radius 3 is 2.44 bits per heavy atom. The van der Waals surface area contributed by atoms with Crippen molar-refractivity contribution >= 4 is 27.5 Å². The molecule has 0 bridgehead atoms. The van der Waals surface area contributed by atoms with Gasteiger partial charge in [0.1, 0.15) is 10.7 Å². The van der Waals surface area contributed by atoms with Gasteiger partial charge in [0, 0.05) is 6.20 Å². The highest BCUT2D eigenvalue weighted by molar-refractivity contribution is 7.92. The number of anilines is 2. The first-order chi connectivity index (χ1) is 12.8. The third-order valence-electron chi connectivity index (χ3n) is 3.91. The van der Waals surface area contributed by atoms with E-state index in [1.807, 2.05) is 30.3 Å². The number of nitrogen functional groups attached to an aromatic ring is 1. The molecule has 0 aliphatic carbocycles. The number of aryl methyl sites for hydroxylation is 1. The van der Waals surface area contributed by atoms with Crippen LogP contribution in [0.2, 0.25) is 0 Å². The Kier molecular flexibility index (Phi) is 4.83. The molecule has 0 saturated carbocycles. The predicted octanol–water partition coefficient (Wildman–Crippen LogP) is 3.14. The number of aromatic nitrogens is 1. The summed E-state index contributed by atoms with van der Waals surface area (Å²) in [6.07, 6.45) is 1.45. The third-order valence-corrected chi connectivity index (χ3v) is 5.30. The molecule has 27 heavy (non-hydrogen) atoms. The summed E-state index contributed by atoms with van der Waals surface area (Å²) in [6, 6.07) is 15.1. The molecule has 0 radical (unpaired) electrons. The Bertz CT molecular complexity index is 1110. The number of nitrogens with two attached hydrogens (primary N) is 1. The van der Waals surface area contributed by atoms with Crippen LogP contribution in [0.25, 0.3) is 11.1 Å². The first-order valence-electron chi connectivity index (χ1n) is 7.95. The van der Waals surface area contributed by atoms with Gasteiger partial charge in [0.2, 0.25) is 0 Å². The molecule has 7 nitrogen and oxygen atoms in total. The maximum Gasteiger partial charge on any atom is 0.337 e. The van der Waals surface area contributed by atoms with Gasteiger partial charge < -0.3 is 10.8 Å². The number of benzene rings is 2. The lowest BCUT2D eigenvalue weighted by molar-refractivity contribution is 0.0698. The summed E-state index contributed by atoms with van der Waals surface area (Å²) in [6.45, 7) is 1.68. The van der Waals surface area contributed by atoms with Crippen molar-refractivity contribution in [2.75, 3.05) is 10.5 Å². The van der Waals surface area contributed by atoms with Crippen LogP contribution in [0.3, 0.4) is 0 Å². The number of hydrogen-bond acceptors (Lipinski definition) is 5. The molecule has 0 spiro atoms. The average Bonchev–Trinajstić information content (AvgIpc) is 2.63. The van der Waals surface area contributed by atoms with Gasteiger partial charge in [-0.2, -0.15) is 0 Å². The lowest BCUT2D eigenvalue weighted by Gasteiger charge is -2.14. The van der Waals surface area contributed by atoms with E-state index < -0.39 is 16.0 Å². The lowest BCUT2D eigenvalue weighted by atomic mass is 10.0. The SMILES string of the molecule is Cc1cnc(N)c(S(=O)(=O)Nc2cc(-c3ccccc3)ccc2C(=O)O)c1. The molecule has 0 unspecified atom stereocenters.